The number of esters is 1. The van der Waals surface area contributed by atoms with Crippen LogP contribution in [-0.4, -0.2) is 57.9 Å². The Hall–Kier alpha value is -1.11. The van der Waals surface area contributed by atoms with Crippen molar-refractivity contribution in [3.05, 3.63) is 0 Å². The molecule has 0 heterocycles. The highest BCUT2D eigenvalue weighted by Crippen LogP contribution is 2.01. The van der Waals surface area contributed by atoms with E-state index in [4.69, 9.17) is 0 Å². The molecule has 0 rings (SSSR count). The molecular weight excluding hydrogens is 234 g/mol. The molecule has 0 aromatic rings. The first-order valence-electron chi connectivity index (χ1n) is 4.67. The number of amides is 1. The minimum absolute atomic E-state index is 0.140. The molecule has 0 bridgehead atoms. The quantitative estimate of drug-likeness (QED) is 0.603. The van der Waals surface area contributed by atoms with Crippen molar-refractivity contribution in [1.29, 1.82) is 0 Å². The van der Waals surface area contributed by atoms with Crippen molar-refractivity contribution < 1.29 is 22.7 Å². The van der Waals surface area contributed by atoms with Crippen LogP contribution in [0, 0.1) is 5.92 Å². The Labute approximate surface area is 95.5 Å². The Kier molecular flexibility index (Phi) is 5.43. The Balaban J connectivity index is 4.31. The molecular formula is C9H17NO5S. The summed E-state index contributed by atoms with van der Waals surface area (Å²) in [6.45, 7) is 1.75. The zero-order valence-electron chi connectivity index (χ0n) is 9.89. The van der Waals surface area contributed by atoms with Crippen LogP contribution < -0.4 is 0 Å². The van der Waals surface area contributed by atoms with Crippen LogP contribution in [0.5, 0.6) is 0 Å². The summed E-state index contributed by atoms with van der Waals surface area (Å²) in [6, 6.07) is 0. The monoisotopic (exact) mass is 251 g/mol. The second-order valence-electron chi connectivity index (χ2n) is 3.77. The number of ether oxygens (including phenoxy) is 1. The molecule has 0 spiro atoms. The number of hydrogen-bond donors (Lipinski definition) is 0. The highest BCUT2D eigenvalue weighted by molar-refractivity contribution is 7.91. The lowest BCUT2D eigenvalue weighted by Crippen LogP contribution is -2.37. The number of nitrogens with zero attached hydrogens (tertiary/aromatic N) is 1. The van der Waals surface area contributed by atoms with Crippen molar-refractivity contribution in [3.8, 4) is 0 Å². The number of sulfone groups is 1. The number of hydrogen-bond acceptors (Lipinski definition) is 5. The summed E-state index contributed by atoms with van der Waals surface area (Å²) in [6.07, 6.45) is 0.989. The zero-order chi connectivity index (χ0) is 12.9. The Morgan fingerprint density at radius 1 is 1.38 bits per heavy atom. The van der Waals surface area contributed by atoms with Gasteiger partial charge in [-0.15, -0.1) is 0 Å². The molecule has 1 amide bonds. The molecule has 0 saturated carbocycles. The van der Waals surface area contributed by atoms with Crippen LogP contribution in [0.15, 0.2) is 0 Å². The molecule has 6 nitrogen and oxygen atoms in total. The third-order valence-electron chi connectivity index (χ3n) is 1.96. The van der Waals surface area contributed by atoms with Gasteiger partial charge in [-0.1, -0.05) is 6.92 Å². The summed E-state index contributed by atoms with van der Waals surface area (Å²) in [5, 5.41) is 0. The van der Waals surface area contributed by atoms with E-state index >= 15 is 0 Å². The van der Waals surface area contributed by atoms with Crippen LogP contribution in [0.25, 0.3) is 0 Å². The third-order valence-corrected chi connectivity index (χ3v) is 2.73. The summed E-state index contributed by atoms with van der Waals surface area (Å²) in [4.78, 5) is 23.7. The highest BCUT2D eigenvalue weighted by atomic mass is 32.2. The SMILES string of the molecule is COC(=O)C(C)CN(C)C(=O)CS(C)(=O)=O. The van der Waals surface area contributed by atoms with Gasteiger partial charge >= 0.3 is 5.97 Å². The number of methoxy groups -OCH3 is 1. The molecule has 0 aliphatic heterocycles. The van der Waals surface area contributed by atoms with E-state index < -0.39 is 33.4 Å². The zero-order valence-corrected chi connectivity index (χ0v) is 10.7. The molecule has 16 heavy (non-hydrogen) atoms. The van der Waals surface area contributed by atoms with E-state index in [9.17, 15) is 18.0 Å². The summed E-state index contributed by atoms with van der Waals surface area (Å²) >= 11 is 0. The van der Waals surface area contributed by atoms with Crippen molar-refractivity contribution in [2.45, 2.75) is 6.92 Å². The van der Waals surface area contributed by atoms with Gasteiger partial charge in [-0.05, 0) is 0 Å². The van der Waals surface area contributed by atoms with Crippen molar-refractivity contribution in [2.24, 2.45) is 5.92 Å². The molecule has 0 aromatic carbocycles. The highest BCUT2D eigenvalue weighted by Gasteiger charge is 2.20. The fourth-order valence-electron chi connectivity index (χ4n) is 1.12. The fraction of sp³-hybridized carbons (Fsp3) is 0.778. The normalized spacial score (nSPS) is 13.0. The fourth-order valence-corrected chi connectivity index (χ4v) is 1.79. The minimum atomic E-state index is -3.34. The van der Waals surface area contributed by atoms with E-state index in [1.54, 1.807) is 6.92 Å². The van der Waals surface area contributed by atoms with Gasteiger partial charge < -0.3 is 9.64 Å². The van der Waals surface area contributed by atoms with Gasteiger partial charge in [0.2, 0.25) is 5.91 Å². The molecule has 1 unspecified atom stereocenters. The number of carbonyl (C=O) groups excluding carboxylic acids is 2. The van der Waals surface area contributed by atoms with Gasteiger partial charge in [0, 0.05) is 19.8 Å². The van der Waals surface area contributed by atoms with E-state index in [0.29, 0.717) is 0 Å². The molecule has 0 aromatic heterocycles. The lowest BCUT2D eigenvalue weighted by Gasteiger charge is -2.19. The molecule has 0 radical (unpaired) electrons. The van der Waals surface area contributed by atoms with Crippen molar-refractivity contribution in [1.82, 2.24) is 4.90 Å². The Bertz CT molecular complexity index is 362. The molecule has 0 fully saturated rings. The van der Waals surface area contributed by atoms with E-state index in [2.05, 4.69) is 4.74 Å². The Morgan fingerprint density at radius 3 is 2.25 bits per heavy atom. The summed E-state index contributed by atoms with van der Waals surface area (Å²) in [5.41, 5.74) is 0. The maximum atomic E-state index is 11.4. The van der Waals surface area contributed by atoms with Crippen molar-refractivity contribution in [3.63, 3.8) is 0 Å². The van der Waals surface area contributed by atoms with Crippen LogP contribution in [0.2, 0.25) is 0 Å². The lowest BCUT2D eigenvalue weighted by molar-refractivity contribution is -0.145. The summed E-state index contributed by atoms with van der Waals surface area (Å²) < 4.78 is 26.3. The number of rotatable bonds is 5. The molecule has 0 saturated heterocycles. The second-order valence-corrected chi connectivity index (χ2v) is 5.91. The minimum Gasteiger partial charge on any atom is -0.469 e. The topological polar surface area (TPSA) is 80.8 Å². The smallest absolute Gasteiger partial charge is 0.310 e. The van der Waals surface area contributed by atoms with Crippen LogP contribution in [0.4, 0.5) is 0 Å². The molecule has 1 atom stereocenters. The predicted molar refractivity (Wildman–Crippen MR) is 58.5 cm³/mol. The van der Waals surface area contributed by atoms with E-state index in [0.717, 1.165) is 6.26 Å². The van der Waals surface area contributed by atoms with Crippen LogP contribution >= 0.6 is 0 Å². The van der Waals surface area contributed by atoms with E-state index in [1.165, 1.54) is 19.1 Å². The maximum absolute atomic E-state index is 11.4. The molecule has 94 valence electrons. The van der Waals surface area contributed by atoms with Crippen molar-refractivity contribution >= 4 is 21.7 Å². The van der Waals surface area contributed by atoms with Crippen molar-refractivity contribution in [2.75, 3.05) is 32.7 Å². The molecule has 7 heteroatoms. The first-order chi connectivity index (χ1) is 7.17. The Morgan fingerprint density at radius 2 is 1.88 bits per heavy atom. The van der Waals surface area contributed by atoms with Crippen LogP contribution in [0.3, 0.4) is 0 Å². The van der Waals surface area contributed by atoms with Crippen LogP contribution in [0.1, 0.15) is 6.92 Å². The largest absolute Gasteiger partial charge is 0.469 e. The summed E-state index contributed by atoms with van der Waals surface area (Å²) in [7, 11) is -0.625. The van der Waals surface area contributed by atoms with Gasteiger partial charge in [0.1, 0.15) is 5.75 Å². The maximum Gasteiger partial charge on any atom is 0.310 e. The third kappa shape index (κ3) is 5.69. The van der Waals surface area contributed by atoms with Gasteiger partial charge in [0.05, 0.1) is 13.0 Å². The van der Waals surface area contributed by atoms with Gasteiger partial charge in [0.15, 0.2) is 9.84 Å². The van der Waals surface area contributed by atoms with Gasteiger partial charge in [-0.2, -0.15) is 0 Å². The summed E-state index contributed by atoms with van der Waals surface area (Å²) in [5.74, 6) is -1.98. The first-order valence-corrected chi connectivity index (χ1v) is 6.73. The van der Waals surface area contributed by atoms with E-state index in [-0.39, 0.29) is 6.54 Å². The van der Waals surface area contributed by atoms with Gasteiger partial charge in [-0.25, -0.2) is 8.42 Å². The average Bonchev–Trinajstić information content (AvgIpc) is 2.13. The van der Waals surface area contributed by atoms with E-state index in [1.807, 2.05) is 0 Å². The average molecular weight is 251 g/mol. The standard InChI is InChI=1S/C9H17NO5S/c1-7(9(12)15-3)5-10(2)8(11)6-16(4,13)14/h7H,5-6H2,1-4H3. The lowest BCUT2D eigenvalue weighted by atomic mass is 10.2. The van der Waals surface area contributed by atoms with Gasteiger partial charge in [-0.3, -0.25) is 9.59 Å². The predicted octanol–water partition coefficient (Wildman–Crippen LogP) is -0.701. The molecule has 0 aliphatic rings. The molecule has 0 aliphatic carbocycles. The number of carbonyl (C=O) groups is 2. The first kappa shape index (κ1) is 14.9. The van der Waals surface area contributed by atoms with Gasteiger partial charge in [0.25, 0.3) is 0 Å². The molecule has 0 N–H and O–H groups in total. The van der Waals surface area contributed by atoms with Crippen LogP contribution in [-0.2, 0) is 24.2 Å². The second kappa shape index (κ2) is 5.83.